The highest BCUT2D eigenvalue weighted by Crippen LogP contribution is 2.29. The smallest absolute Gasteiger partial charge is 0.270 e. The lowest BCUT2D eigenvalue weighted by Gasteiger charge is -2.36. The monoisotopic (exact) mass is 277 g/mol. The summed E-state index contributed by atoms with van der Waals surface area (Å²) in [6.07, 6.45) is 6.70. The van der Waals surface area contributed by atoms with E-state index in [1.54, 1.807) is 6.07 Å². The molecule has 1 aliphatic rings. The maximum Gasteiger partial charge on any atom is 0.270 e. The zero-order valence-electron chi connectivity index (χ0n) is 13.1. The van der Waals surface area contributed by atoms with E-state index in [9.17, 15) is 4.79 Å². The van der Waals surface area contributed by atoms with Crippen molar-refractivity contribution in [1.29, 1.82) is 0 Å². The molecule has 1 aromatic rings. The van der Waals surface area contributed by atoms with E-state index in [-0.39, 0.29) is 11.9 Å². The number of carbonyl (C=O) groups is 1. The molecule has 4 nitrogen and oxygen atoms in total. The van der Waals surface area contributed by atoms with Gasteiger partial charge in [0.15, 0.2) is 0 Å². The molecule has 4 heteroatoms. The van der Waals surface area contributed by atoms with Crippen LogP contribution >= 0.6 is 0 Å². The average Bonchev–Trinajstić information content (AvgIpc) is 2.80. The second-order valence-electron chi connectivity index (χ2n) is 6.40. The summed E-state index contributed by atoms with van der Waals surface area (Å²) in [6.45, 7) is 6.39. The van der Waals surface area contributed by atoms with Crippen LogP contribution in [0.25, 0.3) is 0 Å². The lowest BCUT2D eigenvalue weighted by atomic mass is 9.85. The predicted molar refractivity (Wildman–Crippen MR) is 82.7 cm³/mol. The van der Waals surface area contributed by atoms with Crippen LogP contribution in [0.2, 0.25) is 0 Å². The molecule has 2 atom stereocenters. The summed E-state index contributed by atoms with van der Waals surface area (Å²) in [5.41, 5.74) is 7.23. The summed E-state index contributed by atoms with van der Waals surface area (Å²) < 4.78 is 1.97. The molecule has 2 rings (SSSR count). The highest BCUT2D eigenvalue weighted by atomic mass is 16.2. The van der Waals surface area contributed by atoms with Crippen LogP contribution in [0, 0.1) is 5.92 Å². The molecular formula is C16H27N3O. The molecule has 1 aromatic heterocycles. The summed E-state index contributed by atoms with van der Waals surface area (Å²) in [5, 5.41) is 0. The van der Waals surface area contributed by atoms with E-state index in [1.165, 1.54) is 19.3 Å². The van der Waals surface area contributed by atoms with Crippen molar-refractivity contribution >= 4 is 11.6 Å². The van der Waals surface area contributed by atoms with Crippen LogP contribution in [0.15, 0.2) is 12.3 Å². The van der Waals surface area contributed by atoms with Crippen molar-refractivity contribution in [3.63, 3.8) is 0 Å². The number of nitrogen functional groups attached to an aromatic ring is 1. The molecule has 1 amide bonds. The second kappa shape index (κ2) is 5.90. The normalized spacial score (nSPS) is 23.1. The van der Waals surface area contributed by atoms with Gasteiger partial charge >= 0.3 is 0 Å². The summed E-state index contributed by atoms with van der Waals surface area (Å²) >= 11 is 0. The molecule has 0 bridgehead atoms. The van der Waals surface area contributed by atoms with E-state index in [0.717, 1.165) is 6.42 Å². The molecule has 2 unspecified atom stereocenters. The summed E-state index contributed by atoms with van der Waals surface area (Å²) in [6, 6.07) is 2.39. The Morgan fingerprint density at radius 3 is 2.65 bits per heavy atom. The Hall–Kier alpha value is -1.45. The molecule has 20 heavy (non-hydrogen) atoms. The van der Waals surface area contributed by atoms with Gasteiger partial charge in [-0.25, -0.2) is 0 Å². The molecule has 0 radical (unpaired) electrons. The van der Waals surface area contributed by atoms with Crippen LogP contribution in [0.5, 0.6) is 0 Å². The number of rotatable bonds is 3. The largest absolute Gasteiger partial charge is 0.397 e. The highest BCUT2D eigenvalue weighted by Gasteiger charge is 2.29. The molecule has 1 aliphatic carbocycles. The Bertz CT molecular complexity index is 478. The first-order chi connectivity index (χ1) is 9.41. The first-order valence-corrected chi connectivity index (χ1v) is 7.66. The lowest BCUT2D eigenvalue weighted by molar-refractivity contribution is 0.0616. The number of carbonyl (C=O) groups excluding carboxylic acids is 1. The maximum absolute atomic E-state index is 12.8. The van der Waals surface area contributed by atoms with Gasteiger partial charge < -0.3 is 15.2 Å². The van der Waals surface area contributed by atoms with Crippen molar-refractivity contribution in [2.45, 2.75) is 58.5 Å². The fourth-order valence-electron chi connectivity index (χ4n) is 3.30. The summed E-state index contributed by atoms with van der Waals surface area (Å²) in [7, 11) is 1.93. The number of aromatic nitrogens is 1. The molecule has 1 fully saturated rings. The van der Waals surface area contributed by atoms with Crippen LogP contribution < -0.4 is 5.73 Å². The van der Waals surface area contributed by atoms with Crippen LogP contribution in [-0.4, -0.2) is 28.5 Å². The Kier molecular flexibility index (Phi) is 4.41. The minimum atomic E-state index is 0.0918. The van der Waals surface area contributed by atoms with Crippen LogP contribution in [0.3, 0.4) is 0 Å². The standard InChI is InChI=1S/C16H27N3O/c1-11(2)19-10-13(17)9-15(19)16(20)18(4)14-8-6-5-7-12(14)3/h9-12,14H,5-8,17H2,1-4H3. The molecule has 0 saturated heterocycles. The number of nitrogens with zero attached hydrogens (tertiary/aromatic N) is 2. The van der Waals surface area contributed by atoms with Gasteiger partial charge in [0.25, 0.3) is 5.91 Å². The van der Waals surface area contributed by atoms with Gasteiger partial charge in [-0.3, -0.25) is 4.79 Å². The topological polar surface area (TPSA) is 51.3 Å². The van der Waals surface area contributed by atoms with Gasteiger partial charge in [-0.1, -0.05) is 19.8 Å². The number of nitrogens with two attached hydrogens (primary N) is 1. The third-order valence-electron chi connectivity index (χ3n) is 4.53. The molecule has 1 saturated carbocycles. The Labute approximate surface area is 121 Å². The first kappa shape index (κ1) is 14.9. The Morgan fingerprint density at radius 1 is 1.40 bits per heavy atom. The van der Waals surface area contributed by atoms with Gasteiger partial charge in [-0.05, 0) is 38.7 Å². The van der Waals surface area contributed by atoms with E-state index >= 15 is 0 Å². The van der Waals surface area contributed by atoms with Crippen molar-refractivity contribution in [3.8, 4) is 0 Å². The van der Waals surface area contributed by atoms with Gasteiger partial charge in [0.05, 0.1) is 5.69 Å². The Morgan fingerprint density at radius 2 is 2.05 bits per heavy atom. The Balaban J connectivity index is 2.22. The summed E-state index contributed by atoms with van der Waals surface area (Å²) in [5.74, 6) is 0.673. The molecule has 2 N–H and O–H groups in total. The number of hydrogen-bond acceptors (Lipinski definition) is 2. The van der Waals surface area contributed by atoms with Gasteiger partial charge in [0.2, 0.25) is 0 Å². The van der Waals surface area contributed by atoms with Gasteiger partial charge in [0.1, 0.15) is 5.69 Å². The maximum atomic E-state index is 12.8. The quantitative estimate of drug-likeness (QED) is 0.921. The predicted octanol–water partition coefficient (Wildman–Crippen LogP) is 3.30. The van der Waals surface area contributed by atoms with Crippen molar-refractivity contribution in [2.75, 3.05) is 12.8 Å². The summed E-state index contributed by atoms with van der Waals surface area (Å²) in [4.78, 5) is 14.7. The van der Waals surface area contributed by atoms with E-state index in [1.807, 2.05) is 22.7 Å². The highest BCUT2D eigenvalue weighted by molar-refractivity contribution is 5.94. The van der Waals surface area contributed by atoms with Crippen molar-refractivity contribution in [1.82, 2.24) is 9.47 Å². The fourth-order valence-corrected chi connectivity index (χ4v) is 3.30. The molecule has 1 heterocycles. The number of amides is 1. The average molecular weight is 277 g/mol. The zero-order chi connectivity index (χ0) is 14.9. The lowest BCUT2D eigenvalue weighted by Crippen LogP contribution is -2.43. The van der Waals surface area contributed by atoms with Crippen LogP contribution in [0.1, 0.15) is 63.0 Å². The van der Waals surface area contributed by atoms with Gasteiger partial charge in [0, 0.05) is 25.3 Å². The zero-order valence-corrected chi connectivity index (χ0v) is 13.1. The first-order valence-electron chi connectivity index (χ1n) is 7.66. The minimum absolute atomic E-state index is 0.0918. The second-order valence-corrected chi connectivity index (χ2v) is 6.40. The van der Waals surface area contributed by atoms with Gasteiger partial charge in [-0.15, -0.1) is 0 Å². The van der Waals surface area contributed by atoms with Crippen molar-refractivity contribution < 1.29 is 4.79 Å². The number of hydrogen-bond donors (Lipinski definition) is 1. The molecular weight excluding hydrogens is 250 g/mol. The molecule has 0 aliphatic heterocycles. The minimum Gasteiger partial charge on any atom is -0.397 e. The van der Waals surface area contributed by atoms with E-state index < -0.39 is 0 Å². The van der Waals surface area contributed by atoms with E-state index in [0.29, 0.717) is 23.3 Å². The van der Waals surface area contributed by atoms with E-state index in [2.05, 4.69) is 20.8 Å². The third kappa shape index (κ3) is 2.84. The molecule has 0 spiro atoms. The molecule has 112 valence electrons. The van der Waals surface area contributed by atoms with Gasteiger partial charge in [-0.2, -0.15) is 0 Å². The van der Waals surface area contributed by atoms with E-state index in [4.69, 9.17) is 5.73 Å². The molecule has 0 aromatic carbocycles. The SMILES string of the molecule is CC1CCCCC1N(C)C(=O)c1cc(N)cn1C(C)C. The fraction of sp³-hybridized carbons (Fsp3) is 0.688. The van der Waals surface area contributed by atoms with Crippen LogP contribution in [-0.2, 0) is 0 Å². The number of anilines is 1. The van der Waals surface area contributed by atoms with Crippen molar-refractivity contribution in [3.05, 3.63) is 18.0 Å². The van der Waals surface area contributed by atoms with Crippen LogP contribution in [0.4, 0.5) is 5.69 Å². The van der Waals surface area contributed by atoms with Crippen molar-refractivity contribution in [2.24, 2.45) is 5.92 Å². The third-order valence-corrected chi connectivity index (χ3v) is 4.53.